The van der Waals surface area contributed by atoms with Crippen molar-refractivity contribution in [1.29, 1.82) is 0 Å². The van der Waals surface area contributed by atoms with Gasteiger partial charge in [0.1, 0.15) is 5.00 Å². The number of fused-ring (bicyclic) bond motifs is 1. The zero-order valence-electron chi connectivity index (χ0n) is 16.8. The van der Waals surface area contributed by atoms with Crippen LogP contribution >= 0.6 is 11.3 Å². The Balaban J connectivity index is 1.77. The van der Waals surface area contributed by atoms with Gasteiger partial charge in [-0.3, -0.25) is 4.79 Å². The molecule has 1 aromatic rings. The van der Waals surface area contributed by atoms with Crippen molar-refractivity contribution in [2.75, 3.05) is 31.6 Å². The van der Waals surface area contributed by atoms with Crippen LogP contribution in [0.1, 0.15) is 61.3 Å². The normalized spacial score (nSPS) is 24.1. The summed E-state index contributed by atoms with van der Waals surface area (Å²) in [6.07, 6.45) is 2.96. The number of hydrogen-bond acceptors (Lipinski definition) is 5. The summed E-state index contributed by atoms with van der Waals surface area (Å²) in [6, 6.07) is 0. The highest BCUT2D eigenvalue weighted by Crippen LogP contribution is 2.40. The molecule has 0 bridgehead atoms. The first kappa shape index (κ1) is 20.3. The molecule has 0 spiro atoms. The number of amides is 1. The number of quaternary nitrogens is 1. The molecule has 0 aliphatic carbocycles. The summed E-state index contributed by atoms with van der Waals surface area (Å²) in [5.41, 5.74) is 1.15. The molecule has 1 amide bonds. The van der Waals surface area contributed by atoms with Crippen molar-refractivity contribution in [1.82, 2.24) is 0 Å². The van der Waals surface area contributed by atoms with Crippen molar-refractivity contribution >= 4 is 28.2 Å². The molecule has 0 radical (unpaired) electrons. The van der Waals surface area contributed by atoms with E-state index >= 15 is 0 Å². The van der Waals surface area contributed by atoms with Crippen LogP contribution in [0, 0.1) is 5.92 Å². The first-order chi connectivity index (χ1) is 12.8. The van der Waals surface area contributed by atoms with Crippen molar-refractivity contribution in [2.45, 2.75) is 59.2 Å². The van der Waals surface area contributed by atoms with Crippen LogP contribution < -0.4 is 10.2 Å². The fraction of sp³-hybridized carbons (Fsp3) is 0.700. The van der Waals surface area contributed by atoms with E-state index in [1.165, 1.54) is 16.2 Å². The average Bonchev–Trinajstić information content (AvgIpc) is 2.93. The van der Waals surface area contributed by atoms with Gasteiger partial charge >= 0.3 is 5.97 Å². The van der Waals surface area contributed by atoms with Crippen LogP contribution in [0.15, 0.2) is 0 Å². The van der Waals surface area contributed by atoms with Crippen molar-refractivity contribution in [3.8, 4) is 0 Å². The van der Waals surface area contributed by atoms with E-state index in [0.29, 0.717) is 36.7 Å². The topological polar surface area (TPSA) is 69.1 Å². The number of ether oxygens (including phenoxy) is 2. The second-order valence-corrected chi connectivity index (χ2v) is 9.42. The number of nitrogens with one attached hydrogen (secondary N) is 2. The lowest BCUT2D eigenvalue weighted by molar-refractivity contribution is -0.897. The summed E-state index contributed by atoms with van der Waals surface area (Å²) in [4.78, 5) is 27.6. The number of carbonyl (C=O) groups is 2. The molecule has 2 N–H and O–H groups in total. The zero-order valence-corrected chi connectivity index (χ0v) is 17.6. The van der Waals surface area contributed by atoms with Gasteiger partial charge < -0.3 is 19.7 Å². The number of esters is 1. The lowest BCUT2D eigenvalue weighted by atomic mass is 9.93. The smallest absolute Gasteiger partial charge is 0.341 e. The van der Waals surface area contributed by atoms with Crippen molar-refractivity contribution in [3.63, 3.8) is 0 Å². The van der Waals surface area contributed by atoms with E-state index in [0.717, 1.165) is 42.3 Å². The summed E-state index contributed by atoms with van der Waals surface area (Å²) in [7, 11) is 0. The molecule has 6 nitrogen and oxygen atoms in total. The first-order valence-corrected chi connectivity index (χ1v) is 10.7. The van der Waals surface area contributed by atoms with Gasteiger partial charge in [-0.25, -0.2) is 4.79 Å². The SMILES string of the molecule is CCOC(=O)c1c(NC(=O)C[NH+]2CCC(C)CC2)sc2c1CC(C)(C)OC2. The summed E-state index contributed by atoms with van der Waals surface area (Å²) in [5.74, 6) is 0.352. The molecule has 1 aromatic heterocycles. The van der Waals surface area contributed by atoms with Crippen molar-refractivity contribution in [2.24, 2.45) is 5.92 Å². The number of rotatable bonds is 5. The van der Waals surface area contributed by atoms with Gasteiger partial charge in [0.25, 0.3) is 5.91 Å². The van der Waals surface area contributed by atoms with Gasteiger partial charge in [0.2, 0.25) is 0 Å². The van der Waals surface area contributed by atoms with E-state index in [9.17, 15) is 9.59 Å². The molecule has 2 aliphatic rings. The monoisotopic (exact) mass is 395 g/mol. The third-order valence-electron chi connectivity index (χ3n) is 5.41. The molecule has 1 fully saturated rings. The van der Waals surface area contributed by atoms with Crippen LogP contribution in [0.2, 0.25) is 0 Å². The molecule has 0 saturated carbocycles. The summed E-state index contributed by atoms with van der Waals surface area (Å²) < 4.78 is 11.2. The van der Waals surface area contributed by atoms with Crippen LogP contribution in [0.3, 0.4) is 0 Å². The summed E-state index contributed by atoms with van der Waals surface area (Å²) in [5, 5.41) is 3.60. The predicted molar refractivity (Wildman–Crippen MR) is 105 cm³/mol. The third-order valence-corrected chi connectivity index (χ3v) is 6.53. The fourth-order valence-corrected chi connectivity index (χ4v) is 4.94. The predicted octanol–water partition coefficient (Wildman–Crippen LogP) is 2.03. The van der Waals surface area contributed by atoms with Gasteiger partial charge in [0, 0.05) is 11.3 Å². The average molecular weight is 396 g/mol. The minimum Gasteiger partial charge on any atom is -0.462 e. The maximum Gasteiger partial charge on any atom is 0.341 e. The molecule has 3 rings (SSSR count). The lowest BCUT2D eigenvalue weighted by Crippen LogP contribution is -3.14. The van der Waals surface area contributed by atoms with Crippen molar-refractivity contribution < 1.29 is 24.0 Å². The third kappa shape index (κ3) is 4.89. The number of hydrogen-bond donors (Lipinski definition) is 2. The van der Waals surface area contributed by atoms with E-state index in [1.807, 2.05) is 13.8 Å². The van der Waals surface area contributed by atoms with Crippen LogP contribution in [0.25, 0.3) is 0 Å². The maximum absolute atomic E-state index is 12.6. The molecule has 3 heterocycles. The molecule has 0 unspecified atom stereocenters. The Labute approximate surface area is 165 Å². The van der Waals surface area contributed by atoms with Crippen LogP contribution in [0.5, 0.6) is 0 Å². The van der Waals surface area contributed by atoms with E-state index < -0.39 is 0 Å². The highest BCUT2D eigenvalue weighted by molar-refractivity contribution is 7.17. The van der Waals surface area contributed by atoms with Gasteiger partial charge in [-0.1, -0.05) is 6.92 Å². The molecule has 2 aliphatic heterocycles. The molecular formula is C20H31N2O4S+. The minimum atomic E-state index is -0.359. The number of piperidine rings is 1. The van der Waals surface area contributed by atoms with Gasteiger partial charge in [-0.15, -0.1) is 11.3 Å². The minimum absolute atomic E-state index is 0.0381. The van der Waals surface area contributed by atoms with Gasteiger partial charge in [-0.2, -0.15) is 0 Å². The fourth-order valence-electron chi connectivity index (χ4n) is 3.81. The molecule has 7 heteroatoms. The summed E-state index contributed by atoms with van der Waals surface area (Å²) in [6.45, 7) is 11.4. The Hall–Kier alpha value is -1.44. The number of anilines is 1. The number of likely N-dealkylation sites (tertiary alicyclic amines) is 1. The Morgan fingerprint density at radius 3 is 2.70 bits per heavy atom. The molecule has 0 aromatic carbocycles. The van der Waals surface area contributed by atoms with Crippen molar-refractivity contribution in [3.05, 3.63) is 16.0 Å². The summed E-state index contributed by atoms with van der Waals surface area (Å²) >= 11 is 1.44. The largest absolute Gasteiger partial charge is 0.462 e. The first-order valence-electron chi connectivity index (χ1n) is 9.88. The quantitative estimate of drug-likeness (QED) is 0.749. The van der Waals surface area contributed by atoms with E-state index in [-0.39, 0.29) is 17.5 Å². The van der Waals surface area contributed by atoms with Crippen LogP contribution in [-0.2, 0) is 27.3 Å². The molecule has 1 saturated heterocycles. The van der Waals surface area contributed by atoms with Gasteiger partial charge in [0.05, 0.1) is 37.5 Å². The van der Waals surface area contributed by atoms with E-state index in [4.69, 9.17) is 9.47 Å². The molecule has 150 valence electrons. The highest BCUT2D eigenvalue weighted by atomic mass is 32.1. The number of carbonyl (C=O) groups excluding carboxylic acids is 2. The number of thiophene rings is 1. The zero-order chi connectivity index (χ0) is 19.6. The standard InChI is InChI=1S/C20H30N2O4S/c1-5-25-19(24)17-14-10-20(3,4)26-12-15(14)27-18(17)21-16(23)11-22-8-6-13(2)7-9-22/h13H,5-12H2,1-4H3,(H,21,23)/p+1. The van der Waals surface area contributed by atoms with Crippen LogP contribution in [-0.4, -0.2) is 43.7 Å². The Morgan fingerprint density at radius 1 is 1.33 bits per heavy atom. The van der Waals surface area contributed by atoms with Gasteiger partial charge in [0.15, 0.2) is 6.54 Å². The Bertz CT molecular complexity index is 705. The van der Waals surface area contributed by atoms with Gasteiger partial charge in [-0.05, 0) is 45.1 Å². The second kappa shape index (κ2) is 8.29. The van der Waals surface area contributed by atoms with E-state index in [2.05, 4.69) is 12.2 Å². The van der Waals surface area contributed by atoms with E-state index in [1.54, 1.807) is 6.92 Å². The highest BCUT2D eigenvalue weighted by Gasteiger charge is 2.34. The maximum atomic E-state index is 12.6. The molecule has 27 heavy (non-hydrogen) atoms. The second-order valence-electron chi connectivity index (χ2n) is 8.31. The Morgan fingerprint density at radius 2 is 2.04 bits per heavy atom. The lowest BCUT2D eigenvalue weighted by Gasteiger charge is -2.30. The Kier molecular flexibility index (Phi) is 6.23. The molecular weight excluding hydrogens is 364 g/mol. The van der Waals surface area contributed by atoms with Crippen LogP contribution in [0.4, 0.5) is 5.00 Å². The molecule has 0 atom stereocenters.